The lowest BCUT2D eigenvalue weighted by Crippen LogP contribution is -2.25. The van der Waals surface area contributed by atoms with Crippen LogP contribution in [0.2, 0.25) is 0 Å². The summed E-state index contributed by atoms with van der Waals surface area (Å²) in [6.07, 6.45) is -5.35. The largest absolute Gasteiger partial charge is 0.390 e. The van der Waals surface area contributed by atoms with Crippen LogP contribution in [0, 0.1) is 0 Å². The minimum Gasteiger partial charge on any atom is -0.384 e. The average molecular weight is 510 g/mol. The lowest BCUT2D eigenvalue weighted by Gasteiger charge is -2.22. The summed E-state index contributed by atoms with van der Waals surface area (Å²) in [4.78, 5) is 17.1. The molecule has 36 heavy (non-hydrogen) atoms. The topological polar surface area (TPSA) is 158 Å². The van der Waals surface area contributed by atoms with Crippen molar-refractivity contribution in [3.05, 3.63) is 41.3 Å². The highest BCUT2D eigenvalue weighted by atomic mass is 19.4. The fraction of sp³-hybridized carbons (Fsp3) is 0.478. The van der Waals surface area contributed by atoms with Crippen molar-refractivity contribution in [2.24, 2.45) is 5.73 Å². The molecule has 0 aliphatic rings. The molecule has 0 saturated carbocycles. The number of aromatic nitrogens is 4. The molecule has 3 rings (SSSR count). The number of halogens is 3. The maximum atomic E-state index is 12.8. The summed E-state index contributed by atoms with van der Waals surface area (Å²) in [6, 6.07) is 4.51. The Hall–Kier alpha value is -3.45. The lowest BCUT2D eigenvalue weighted by atomic mass is 9.86. The normalized spacial score (nSPS) is 14.2. The van der Waals surface area contributed by atoms with Crippen LogP contribution in [0.1, 0.15) is 76.1 Å². The Labute approximate surface area is 205 Å². The molecule has 0 radical (unpaired) electrons. The van der Waals surface area contributed by atoms with E-state index in [9.17, 15) is 23.1 Å². The molecule has 0 aliphatic heterocycles. The maximum Gasteiger partial charge on any atom is 0.390 e. The van der Waals surface area contributed by atoms with Gasteiger partial charge in [0.1, 0.15) is 23.5 Å². The van der Waals surface area contributed by atoms with E-state index in [1.54, 1.807) is 19.1 Å². The number of aliphatic hydroxyl groups is 1. The first-order valence-corrected chi connectivity index (χ1v) is 11.2. The van der Waals surface area contributed by atoms with Gasteiger partial charge in [0.2, 0.25) is 5.91 Å². The molecule has 1 amide bonds. The first-order chi connectivity index (χ1) is 16.6. The smallest absolute Gasteiger partial charge is 0.384 e. The summed E-state index contributed by atoms with van der Waals surface area (Å²) >= 11 is 0. The van der Waals surface area contributed by atoms with Crippen LogP contribution < -0.4 is 16.8 Å². The van der Waals surface area contributed by atoms with Gasteiger partial charge < -0.3 is 26.4 Å². The summed E-state index contributed by atoms with van der Waals surface area (Å²) < 4.78 is 45.1. The number of amides is 1. The minimum absolute atomic E-state index is 0.00630. The number of carbonyl (C=O) groups excluding carboxylic acids is 1. The van der Waals surface area contributed by atoms with E-state index < -0.39 is 36.1 Å². The highest BCUT2D eigenvalue weighted by Crippen LogP contribution is 2.37. The molecule has 3 aromatic heterocycles. The zero-order valence-corrected chi connectivity index (χ0v) is 20.6. The summed E-state index contributed by atoms with van der Waals surface area (Å²) in [5.41, 5.74) is 12.0. The van der Waals surface area contributed by atoms with E-state index >= 15 is 0 Å². The van der Waals surface area contributed by atoms with Crippen LogP contribution in [0.3, 0.4) is 0 Å². The molecule has 0 aliphatic carbocycles. The fourth-order valence-corrected chi connectivity index (χ4v) is 3.76. The minimum atomic E-state index is -4.38. The van der Waals surface area contributed by atoms with E-state index in [0.29, 0.717) is 17.0 Å². The molecule has 6 N–H and O–H groups in total. The molecule has 13 heteroatoms. The number of nitrogens with zero attached hydrogens (tertiary/aromatic N) is 4. The van der Waals surface area contributed by atoms with Gasteiger partial charge in [0.05, 0.1) is 23.6 Å². The Kier molecular flexibility index (Phi) is 7.46. The molecule has 2 atom stereocenters. The third-order valence-corrected chi connectivity index (χ3v) is 5.76. The van der Waals surface area contributed by atoms with E-state index in [1.165, 1.54) is 30.8 Å². The van der Waals surface area contributed by atoms with Crippen LogP contribution in [-0.4, -0.2) is 37.1 Å². The van der Waals surface area contributed by atoms with Gasteiger partial charge in [-0.15, -0.1) is 0 Å². The number of anilines is 2. The Morgan fingerprint density at radius 2 is 1.92 bits per heavy atom. The van der Waals surface area contributed by atoms with Crippen molar-refractivity contribution >= 4 is 17.5 Å². The van der Waals surface area contributed by atoms with Gasteiger partial charge in [0.25, 0.3) is 0 Å². The summed E-state index contributed by atoms with van der Waals surface area (Å²) in [6.45, 7) is 8.17. The van der Waals surface area contributed by atoms with E-state index in [-0.39, 0.29) is 29.0 Å². The van der Waals surface area contributed by atoms with E-state index in [0.717, 1.165) is 0 Å². The number of hydrogen-bond acceptors (Lipinski definition) is 8. The van der Waals surface area contributed by atoms with Crippen LogP contribution in [0.15, 0.2) is 28.9 Å². The molecule has 0 fully saturated rings. The molecule has 196 valence electrons. The monoisotopic (exact) mass is 509 g/mol. The number of alkyl halides is 3. The van der Waals surface area contributed by atoms with Crippen molar-refractivity contribution in [3.8, 4) is 11.4 Å². The molecule has 0 aromatic carbocycles. The zero-order chi connectivity index (χ0) is 27.0. The van der Waals surface area contributed by atoms with Gasteiger partial charge in [-0.25, -0.2) is 4.68 Å². The van der Waals surface area contributed by atoms with Gasteiger partial charge in [0.15, 0.2) is 5.82 Å². The average Bonchev–Trinajstić information content (AvgIpc) is 3.36. The summed E-state index contributed by atoms with van der Waals surface area (Å²) in [7, 11) is 0. The molecule has 0 spiro atoms. The first-order valence-electron chi connectivity index (χ1n) is 11.2. The van der Waals surface area contributed by atoms with Gasteiger partial charge in [-0.05, 0) is 32.4 Å². The molecular weight excluding hydrogens is 479 g/mol. The van der Waals surface area contributed by atoms with Gasteiger partial charge in [-0.1, -0.05) is 25.1 Å². The second kappa shape index (κ2) is 9.90. The summed E-state index contributed by atoms with van der Waals surface area (Å²) in [5, 5.41) is 20.7. The van der Waals surface area contributed by atoms with Crippen LogP contribution >= 0.6 is 0 Å². The zero-order valence-electron chi connectivity index (χ0n) is 20.6. The van der Waals surface area contributed by atoms with Crippen molar-refractivity contribution in [2.75, 3.05) is 11.1 Å². The molecule has 0 bridgehead atoms. The molecule has 3 heterocycles. The molecule has 0 saturated heterocycles. The van der Waals surface area contributed by atoms with Crippen molar-refractivity contribution < 1.29 is 27.6 Å². The lowest BCUT2D eigenvalue weighted by molar-refractivity contribution is -0.147. The van der Waals surface area contributed by atoms with Crippen molar-refractivity contribution in [2.45, 2.75) is 70.8 Å². The van der Waals surface area contributed by atoms with E-state index in [2.05, 4.69) is 20.6 Å². The van der Waals surface area contributed by atoms with Gasteiger partial charge in [0, 0.05) is 23.7 Å². The first kappa shape index (κ1) is 27.1. The van der Waals surface area contributed by atoms with Gasteiger partial charge >= 0.3 is 6.18 Å². The Morgan fingerprint density at radius 3 is 2.44 bits per heavy atom. The Bertz CT molecular complexity index is 1210. The predicted molar refractivity (Wildman–Crippen MR) is 127 cm³/mol. The highest BCUT2D eigenvalue weighted by molar-refractivity contribution is 5.94. The Morgan fingerprint density at radius 1 is 1.25 bits per heavy atom. The van der Waals surface area contributed by atoms with E-state index in [4.69, 9.17) is 16.0 Å². The summed E-state index contributed by atoms with van der Waals surface area (Å²) in [5.74, 6) is -0.874. The highest BCUT2D eigenvalue weighted by Gasteiger charge is 2.40. The third kappa shape index (κ3) is 5.85. The van der Waals surface area contributed by atoms with Crippen molar-refractivity contribution in [3.63, 3.8) is 0 Å². The second-order valence-corrected chi connectivity index (χ2v) is 9.57. The second-order valence-electron chi connectivity index (χ2n) is 9.57. The van der Waals surface area contributed by atoms with Crippen molar-refractivity contribution in [1.82, 2.24) is 19.9 Å². The van der Waals surface area contributed by atoms with Crippen molar-refractivity contribution in [1.29, 1.82) is 0 Å². The number of nitrogen functional groups attached to an aromatic ring is 1. The molecule has 3 aromatic rings. The Balaban J connectivity index is 1.76. The fourth-order valence-electron chi connectivity index (χ4n) is 3.76. The van der Waals surface area contributed by atoms with Gasteiger partial charge in [-0.3, -0.25) is 9.78 Å². The number of aliphatic hydroxyl groups excluding tert-OH is 1. The molecule has 10 nitrogen and oxygen atoms in total. The molecule has 2 unspecified atom stereocenters. The standard InChI is InChI=1S/C23H30F3N7O3/c1-11(2)33-19(27)17(20(28)34)18(31-33)14-7-6-13(9-29-14)12(3)21(35)30-16-8-15(36-32-16)22(4,5)10-23(24,25)26/h6-9,11-12,20,34H,10,27-28H2,1-5H3,(H,30,32,35). The van der Waals surface area contributed by atoms with Crippen LogP contribution in [0.4, 0.5) is 24.8 Å². The number of hydrogen-bond donors (Lipinski definition) is 4. The van der Waals surface area contributed by atoms with E-state index in [1.807, 2.05) is 13.8 Å². The van der Waals surface area contributed by atoms with Crippen LogP contribution in [0.25, 0.3) is 11.4 Å². The van der Waals surface area contributed by atoms with Crippen LogP contribution in [0.5, 0.6) is 0 Å². The quantitative estimate of drug-likeness (QED) is 0.332. The number of rotatable bonds is 8. The number of carbonyl (C=O) groups is 1. The molecular formula is C23H30F3N7O3. The van der Waals surface area contributed by atoms with Crippen LogP contribution in [-0.2, 0) is 10.2 Å². The number of nitrogens with two attached hydrogens (primary N) is 2. The number of pyridine rings is 1. The van der Waals surface area contributed by atoms with Gasteiger partial charge in [-0.2, -0.15) is 18.3 Å². The number of nitrogens with one attached hydrogen (secondary N) is 1. The maximum absolute atomic E-state index is 12.8. The third-order valence-electron chi connectivity index (χ3n) is 5.76. The predicted octanol–water partition coefficient (Wildman–Crippen LogP) is 4.02. The SMILES string of the molecule is CC(C(=O)Nc1cc(C(C)(C)CC(F)(F)F)on1)c1ccc(-c2nn(C(C)C)c(N)c2C(N)O)nc1.